The van der Waals surface area contributed by atoms with Crippen LogP contribution in [-0.2, 0) is 0 Å². The summed E-state index contributed by atoms with van der Waals surface area (Å²) in [7, 11) is 0. The number of aryl methyl sites for hydroxylation is 2. The number of hydrogen-bond acceptors (Lipinski definition) is 2. The van der Waals surface area contributed by atoms with Crippen LogP contribution in [0.3, 0.4) is 0 Å². The molecule has 0 aliphatic heterocycles. The van der Waals surface area contributed by atoms with Gasteiger partial charge in [0.1, 0.15) is 0 Å². The van der Waals surface area contributed by atoms with Gasteiger partial charge in [-0.2, -0.15) is 0 Å². The van der Waals surface area contributed by atoms with E-state index >= 15 is 0 Å². The second-order valence-electron chi connectivity index (χ2n) is 5.80. The first-order chi connectivity index (χ1) is 9.53. The van der Waals surface area contributed by atoms with Gasteiger partial charge in [-0.05, 0) is 57.0 Å². The van der Waals surface area contributed by atoms with Crippen molar-refractivity contribution in [1.29, 1.82) is 0 Å². The molecular formula is C18H32N2. The Morgan fingerprint density at radius 2 is 1.80 bits per heavy atom. The van der Waals surface area contributed by atoms with Gasteiger partial charge in [-0.15, -0.1) is 0 Å². The van der Waals surface area contributed by atoms with Crippen molar-refractivity contribution in [3.8, 4) is 0 Å². The fourth-order valence-corrected chi connectivity index (χ4v) is 2.63. The topological polar surface area (TPSA) is 15.3 Å². The molecule has 2 atom stereocenters. The molecule has 0 amide bonds. The molecule has 0 spiro atoms. The standard InChI is InChI=1S/C18H32N2/c1-7-16(6)20(9-3)13-18(19-8-2)17-11-10-14(4)15(5)12-17/h10-12,16,18-19H,7-9,13H2,1-6H3. The first kappa shape index (κ1) is 17.2. The van der Waals surface area contributed by atoms with E-state index in [1.54, 1.807) is 0 Å². The second kappa shape index (κ2) is 8.43. The Morgan fingerprint density at radius 1 is 1.10 bits per heavy atom. The molecule has 1 aromatic carbocycles. The van der Waals surface area contributed by atoms with Gasteiger partial charge in [0.2, 0.25) is 0 Å². The van der Waals surface area contributed by atoms with Crippen molar-refractivity contribution in [2.75, 3.05) is 19.6 Å². The number of rotatable bonds is 8. The maximum atomic E-state index is 3.65. The summed E-state index contributed by atoms with van der Waals surface area (Å²) in [6, 6.07) is 7.93. The molecule has 1 N–H and O–H groups in total. The molecule has 2 heteroatoms. The van der Waals surface area contributed by atoms with E-state index in [4.69, 9.17) is 0 Å². The zero-order valence-corrected chi connectivity index (χ0v) is 14.2. The van der Waals surface area contributed by atoms with E-state index in [1.807, 2.05) is 0 Å². The van der Waals surface area contributed by atoms with E-state index in [9.17, 15) is 0 Å². The molecule has 1 aromatic rings. The summed E-state index contributed by atoms with van der Waals surface area (Å²) in [5.74, 6) is 0. The Hall–Kier alpha value is -0.860. The van der Waals surface area contributed by atoms with E-state index in [0.29, 0.717) is 12.1 Å². The molecule has 0 fully saturated rings. The maximum Gasteiger partial charge on any atom is 0.0449 e. The molecule has 0 aliphatic carbocycles. The SMILES string of the molecule is CCNC(CN(CC)C(C)CC)c1ccc(C)c(C)c1. The zero-order valence-electron chi connectivity index (χ0n) is 14.2. The quantitative estimate of drug-likeness (QED) is 0.770. The van der Waals surface area contributed by atoms with Crippen LogP contribution in [0.1, 0.15) is 56.8 Å². The van der Waals surface area contributed by atoms with Gasteiger partial charge in [0.05, 0.1) is 0 Å². The molecule has 0 aliphatic rings. The van der Waals surface area contributed by atoms with Crippen molar-refractivity contribution in [3.63, 3.8) is 0 Å². The van der Waals surface area contributed by atoms with Gasteiger partial charge < -0.3 is 5.32 Å². The van der Waals surface area contributed by atoms with Crippen molar-refractivity contribution in [3.05, 3.63) is 34.9 Å². The molecule has 0 saturated heterocycles. The lowest BCUT2D eigenvalue weighted by Gasteiger charge is -2.32. The third-order valence-electron chi connectivity index (χ3n) is 4.42. The molecule has 2 unspecified atom stereocenters. The minimum absolute atomic E-state index is 0.424. The lowest BCUT2D eigenvalue weighted by Crippen LogP contribution is -2.40. The van der Waals surface area contributed by atoms with Crippen LogP contribution in [0.25, 0.3) is 0 Å². The Labute approximate surface area is 125 Å². The summed E-state index contributed by atoms with van der Waals surface area (Å²) in [4.78, 5) is 2.57. The molecule has 0 bridgehead atoms. The number of nitrogens with zero attached hydrogens (tertiary/aromatic N) is 1. The second-order valence-corrected chi connectivity index (χ2v) is 5.80. The number of nitrogens with one attached hydrogen (secondary N) is 1. The van der Waals surface area contributed by atoms with Crippen molar-refractivity contribution in [2.24, 2.45) is 0 Å². The fourth-order valence-electron chi connectivity index (χ4n) is 2.63. The minimum atomic E-state index is 0.424. The van der Waals surface area contributed by atoms with Gasteiger partial charge in [-0.3, -0.25) is 4.90 Å². The highest BCUT2D eigenvalue weighted by molar-refractivity contribution is 5.32. The van der Waals surface area contributed by atoms with Crippen molar-refractivity contribution in [1.82, 2.24) is 10.2 Å². The van der Waals surface area contributed by atoms with Gasteiger partial charge in [-0.1, -0.05) is 39.0 Å². The van der Waals surface area contributed by atoms with Gasteiger partial charge in [0.25, 0.3) is 0 Å². The molecule has 114 valence electrons. The fraction of sp³-hybridized carbons (Fsp3) is 0.667. The molecular weight excluding hydrogens is 244 g/mol. The average molecular weight is 276 g/mol. The van der Waals surface area contributed by atoms with Crippen LogP contribution in [-0.4, -0.2) is 30.6 Å². The van der Waals surface area contributed by atoms with Crippen LogP contribution >= 0.6 is 0 Å². The summed E-state index contributed by atoms with van der Waals surface area (Å²) in [6.07, 6.45) is 1.21. The molecule has 20 heavy (non-hydrogen) atoms. The first-order valence-electron chi connectivity index (χ1n) is 8.07. The van der Waals surface area contributed by atoms with Gasteiger partial charge in [0.15, 0.2) is 0 Å². The Bertz CT molecular complexity index is 400. The first-order valence-corrected chi connectivity index (χ1v) is 8.07. The largest absolute Gasteiger partial charge is 0.309 e. The minimum Gasteiger partial charge on any atom is -0.309 e. The molecule has 2 nitrogen and oxygen atoms in total. The monoisotopic (exact) mass is 276 g/mol. The third-order valence-corrected chi connectivity index (χ3v) is 4.42. The molecule has 0 aromatic heterocycles. The molecule has 0 saturated carbocycles. The third kappa shape index (κ3) is 4.60. The van der Waals surface area contributed by atoms with Crippen LogP contribution in [0.15, 0.2) is 18.2 Å². The number of likely N-dealkylation sites (N-methyl/N-ethyl adjacent to an activating group) is 2. The van der Waals surface area contributed by atoms with Crippen LogP contribution < -0.4 is 5.32 Å². The number of hydrogen-bond donors (Lipinski definition) is 1. The molecule has 0 heterocycles. The molecule has 1 rings (SSSR count). The van der Waals surface area contributed by atoms with E-state index in [0.717, 1.165) is 19.6 Å². The van der Waals surface area contributed by atoms with Gasteiger partial charge >= 0.3 is 0 Å². The summed E-state index contributed by atoms with van der Waals surface area (Å²) in [5.41, 5.74) is 4.17. The Kier molecular flexibility index (Phi) is 7.25. The van der Waals surface area contributed by atoms with Crippen molar-refractivity contribution in [2.45, 2.75) is 60.0 Å². The van der Waals surface area contributed by atoms with Crippen LogP contribution in [0.4, 0.5) is 0 Å². The number of benzene rings is 1. The van der Waals surface area contributed by atoms with Crippen LogP contribution in [0.5, 0.6) is 0 Å². The predicted octanol–water partition coefficient (Wildman–Crippen LogP) is 4.07. The van der Waals surface area contributed by atoms with Crippen LogP contribution in [0, 0.1) is 13.8 Å². The molecule has 0 radical (unpaired) electrons. The summed E-state index contributed by atoms with van der Waals surface area (Å²) >= 11 is 0. The van der Waals surface area contributed by atoms with Crippen molar-refractivity contribution >= 4 is 0 Å². The summed E-state index contributed by atoms with van der Waals surface area (Å²) in [6.45, 7) is 16.6. The van der Waals surface area contributed by atoms with E-state index < -0.39 is 0 Å². The highest BCUT2D eigenvalue weighted by Crippen LogP contribution is 2.19. The zero-order chi connectivity index (χ0) is 15.1. The van der Waals surface area contributed by atoms with E-state index in [1.165, 1.54) is 23.1 Å². The Morgan fingerprint density at radius 3 is 2.30 bits per heavy atom. The Balaban J connectivity index is 2.89. The smallest absolute Gasteiger partial charge is 0.0449 e. The summed E-state index contributed by atoms with van der Waals surface area (Å²) < 4.78 is 0. The van der Waals surface area contributed by atoms with Crippen molar-refractivity contribution < 1.29 is 0 Å². The highest BCUT2D eigenvalue weighted by atomic mass is 15.2. The van der Waals surface area contributed by atoms with E-state index in [2.05, 4.69) is 70.0 Å². The average Bonchev–Trinajstić information content (AvgIpc) is 2.45. The van der Waals surface area contributed by atoms with Gasteiger partial charge in [0, 0.05) is 18.6 Å². The summed E-state index contributed by atoms with van der Waals surface area (Å²) in [5, 5.41) is 3.65. The van der Waals surface area contributed by atoms with Crippen LogP contribution in [0.2, 0.25) is 0 Å². The maximum absolute atomic E-state index is 3.65. The predicted molar refractivity (Wildman–Crippen MR) is 89.3 cm³/mol. The normalized spacial score (nSPS) is 14.6. The lowest BCUT2D eigenvalue weighted by atomic mass is 10.00. The lowest BCUT2D eigenvalue weighted by molar-refractivity contribution is 0.192. The van der Waals surface area contributed by atoms with E-state index in [-0.39, 0.29) is 0 Å². The highest BCUT2D eigenvalue weighted by Gasteiger charge is 2.18. The van der Waals surface area contributed by atoms with Gasteiger partial charge in [-0.25, -0.2) is 0 Å².